The molecule has 74 valence electrons. The minimum Gasteiger partial charge on any atom is -0.383 e. The van der Waals surface area contributed by atoms with Crippen LogP contribution in [-0.4, -0.2) is 25.0 Å². The van der Waals surface area contributed by atoms with E-state index in [1.54, 1.807) is 17.9 Å². The summed E-state index contributed by atoms with van der Waals surface area (Å²) in [5.74, 6) is 2.03. The zero-order valence-corrected chi connectivity index (χ0v) is 8.15. The van der Waals surface area contributed by atoms with Gasteiger partial charge in [0.2, 0.25) is 0 Å². The van der Waals surface area contributed by atoms with Crippen LogP contribution in [-0.2, 0) is 13.5 Å². The molecule has 0 aliphatic carbocycles. The van der Waals surface area contributed by atoms with Crippen molar-refractivity contribution in [3.63, 3.8) is 0 Å². The van der Waals surface area contributed by atoms with Crippen LogP contribution in [0.5, 0.6) is 0 Å². The van der Waals surface area contributed by atoms with Crippen LogP contribution in [0.4, 0.5) is 5.82 Å². The first-order valence-electron chi connectivity index (χ1n) is 4.41. The number of rotatable bonds is 2. The van der Waals surface area contributed by atoms with Gasteiger partial charge in [-0.1, -0.05) is 6.92 Å². The van der Waals surface area contributed by atoms with E-state index in [9.17, 15) is 0 Å². The van der Waals surface area contributed by atoms with Crippen LogP contribution in [0.25, 0.3) is 11.4 Å². The van der Waals surface area contributed by atoms with E-state index < -0.39 is 0 Å². The maximum Gasteiger partial charge on any atom is 0.186 e. The monoisotopic (exact) mass is 192 g/mol. The molecule has 3 N–H and O–H groups in total. The third-order valence-corrected chi connectivity index (χ3v) is 2.09. The van der Waals surface area contributed by atoms with Crippen molar-refractivity contribution >= 4 is 5.82 Å². The van der Waals surface area contributed by atoms with Gasteiger partial charge in [-0.05, 0) is 0 Å². The van der Waals surface area contributed by atoms with Crippen LogP contribution in [0, 0.1) is 0 Å². The number of nitrogens with zero attached hydrogens (tertiary/aromatic N) is 4. The van der Waals surface area contributed by atoms with Gasteiger partial charge in [0.25, 0.3) is 0 Å². The summed E-state index contributed by atoms with van der Waals surface area (Å²) in [5.41, 5.74) is 6.56. The first kappa shape index (κ1) is 8.74. The number of nitrogens with two attached hydrogens (primary N) is 1. The van der Waals surface area contributed by atoms with Gasteiger partial charge in [-0.25, -0.2) is 4.98 Å². The van der Waals surface area contributed by atoms with Crippen molar-refractivity contribution in [2.24, 2.45) is 7.05 Å². The third kappa shape index (κ3) is 1.24. The van der Waals surface area contributed by atoms with E-state index >= 15 is 0 Å². The van der Waals surface area contributed by atoms with Crippen molar-refractivity contribution in [1.82, 2.24) is 25.0 Å². The van der Waals surface area contributed by atoms with Gasteiger partial charge in [0, 0.05) is 13.5 Å². The fourth-order valence-electron chi connectivity index (χ4n) is 1.19. The van der Waals surface area contributed by atoms with E-state index in [1.807, 2.05) is 6.92 Å². The quantitative estimate of drug-likeness (QED) is 0.718. The second kappa shape index (κ2) is 3.13. The lowest BCUT2D eigenvalue weighted by molar-refractivity contribution is 0.779. The summed E-state index contributed by atoms with van der Waals surface area (Å²) in [6.45, 7) is 2.01. The number of H-pyrrole nitrogens is 1. The fraction of sp³-hybridized carbons (Fsp3) is 0.375. The molecule has 14 heavy (non-hydrogen) atoms. The number of hydrogen-bond acceptors (Lipinski definition) is 4. The van der Waals surface area contributed by atoms with E-state index in [4.69, 9.17) is 5.73 Å². The molecule has 0 saturated heterocycles. The third-order valence-electron chi connectivity index (χ3n) is 2.09. The van der Waals surface area contributed by atoms with Crippen LogP contribution < -0.4 is 5.73 Å². The van der Waals surface area contributed by atoms with E-state index in [1.165, 1.54) is 0 Å². The van der Waals surface area contributed by atoms with Gasteiger partial charge in [-0.2, -0.15) is 10.2 Å². The average Bonchev–Trinajstić information content (AvgIpc) is 2.75. The molecule has 0 aromatic carbocycles. The van der Waals surface area contributed by atoms with Crippen molar-refractivity contribution < 1.29 is 0 Å². The molecule has 2 rings (SSSR count). The lowest BCUT2D eigenvalue weighted by Gasteiger charge is -1.94. The molecule has 0 aliphatic rings. The van der Waals surface area contributed by atoms with Gasteiger partial charge < -0.3 is 5.73 Å². The first-order valence-corrected chi connectivity index (χ1v) is 4.41. The molecule has 6 heteroatoms. The van der Waals surface area contributed by atoms with Crippen LogP contribution in [0.1, 0.15) is 12.7 Å². The Hall–Kier alpha value is -1.85. The number of anilines is 1. The van der Waals surface area contributed by atoms with Crippen molar-refractivity contribution in [2.75, 3.05) is 5.73 Å². The smallest absolute Gasteiger partial charge is 0.186 e. The largest absolute Gasteiger partial charge is 0.383 e. The van der Waals surface area contributed by atoms with E-state index in [2.05, 4.69) is 20.3 Å². The van der Waals surface area contributed by atoms with Crippen LogP contribution in [0.2, 0.25) is 0 Å². The Bertz CT molecular complexity index is 440. The minimum absolute atomic E-state index is 0.576. The van der Waals surface area contributed by atoms with Crippen molar-refractivity contribution in [3.05, 3.63) is 12.0 Å². The van der Waals surface area contributed by atoms with Crippen LogP contribution >= 0.6 is 0 Å². The van der Waals surface area contributed by atoms with Gasteiger partial charge in [0.1, 0.15) is 11.6 Å². The Kier molecular flexibility index (Phi) is 1.95. The normalized spacial score (nSPS) is 10.7. The lowest BCUT2D eigenvalue weighted by Crippen LogP contribution is -1.98. The Morgan fingerprint density at radius 3 is 2.86 bits per heavy atom. The number of nitrogens with one attached hydrogen (secondary N) is 1. The highest BCUT2D eigenvalue weighted by molar-refractivity contribution is 5.67. The highest BCUT2D eigenvalue weighted by atomic mass is 15.3. The van der Waals surface area contributed by atoms with E-state index in [0.29, 0.717) is 11.6 Å². The molecule has 0 radical (unpaired) electrons. The lowest BCUT2D eigenvalue weighted by atomic mass is 10.3. The molecule has 0 unspecified atom stereocenters. The molecule has 0 bridgehead atoms. The standard InChI is InChI=1S/C8H12N6/c1-3-6-11-8(13-12-6)5-4-10-14(2)7(5)9/h4H,3,9H2,1-2H3,(H,11,12,13). The van der Waals surface area contributed by atoms with Crippen LogP contribution in [0.3, 0.4) is 0 Å². The van der Waals surface area contributed by atoms with E-state index in [0.717, 1.165) is 17.8 Å². The molecule has 0 saturated carbocycles. The zero-order chi connectivity index (χ0) is 10.1. The summed E-state index contributed by atoms with van der Waals surface area (Å²) in [4.78, 5) is 4.27. The summed E-state index contributed by atoms with van der Waals surface area (Å²) in [7, 11) is 1.78. The highest BCUT2D eigenvalue weighted by Gasteiger charge is 2.11. The molecule has 2 aromatic heterocycles. The summed E-state index contributed by atoms with van der Waals surface area (Å²) in [6, 6.07) is 0. The zero-order valence-electron chi connectivity index (χ0n) is 8.15. The summed E-state index contributed by atoms with van der Waals surface area (Å²) < 4.78 is 1.59. The molecule has 0 fully saturated rings. The number of nitrogen functional groups attached to an aromatic ring is 1. The average molecular weight is 192 g/mol. The van der Waals surface area contributed by atoms with Crippen LogP contribution in [0.15, 0.2) is 6.20 Å². The van der Waals surface area contributed by atoms with Crippen molar-refractivity contribution in [3.8, 4) is 11.4 Å². The Morgan fingerprint density at radius 1 is 1.57 bits per heavy atom. The first-order chi connectivity index (χ1) is 6.72. The predicted molar refractivity (Wildman–Crippen MR) is 52.4 cm³/mol. The fourth-order valence-corrected chi connectivity index (χ4v) is 1.19. The Labute approximate surface area is 81.1 Å². The number of hydrogen-bond donors (Lipinski definition) is 2. The van der Waals surface area contributed by atoms with Gasteiger partial charge in [-0.3, -0.25) is 9.78 Å². The predicted octanol–water partition coefficient (Wildman–Crippen LogP) is 0.350. The molecule has 0 spiro atoms. The number of aryl methyl sites for hydroxylation is 2. The second-order valence-electron chi connectivity index (χ2n) is 3.03. The van der Waals surface area contributed by atoms with Crippen molar-refractivity contribution in [1.29, 1.82) is 0 Å². The number of aromatic nitrogens is 5. The molecule has 0 amide bonds. The molecular weight excluding hydrogens is 180 g/mol. The van der Waals surface area contributed by atoms with Gasteiger partial charge in [0.05, 0.1) is 11.8 Å². The maximum absolute atomic E-state index is 5.79. The molecule has 6 nitrogen and oxygen atoms in total. The molecule has 2 heterocycles. The SMILES string of the molecule is CCc1nc(-c2cnn(C)c2N)n[nH]1. The van der Waals surface area contributed by atoms with Crippen molar-refractivity contribution in [2.45, 2.75) is 13.3 Å². The Morgan fingerprint density at radius 2 is 2.36 bits per heavy atom. The summed E-state index contributed by atoms with van der Waals surface area (Å²) in [5, 5.41) is 10.9. The maximum atomic E-state index is 5.79. The second-order valence-corrected chi connectivity index (χ2v) is 3.03. The molecule has 0 aliphatic heterocycles. The number of aromatic amines is 1. The van der Waals surface area contributed by atoms with Gasteiger partial charge >= 0.3 is 0 Å². The Balaban J connectivity index is 2.44. The molecule has 2 aromatic rings. The van der Waals surface area contributed by atoms with Gasteiger partial charge in [-0.15, -0.1) is 0 Å². The topological polar surface area (TPSA) is 85.4 Å². The molecular formula is C8H12N6. The summed E-state index contributed by atoms with van der Waals surface area (Å²) >= 11 is 0. The van der Waals surface area contributed by atoms with E-state index in [-0.39, 0.29) is 0 Å². The minimum atomic E-state index is 0.576. The summed E-state index contributed by atoms with van der Waals surface area (Å²) in [6.07, 6.45) is 2.49. The molecule has 0 atom stereocenters. The van der Waals surface area contributed by atoms with Gasteiger partial charge in [0.15, 0.2) is 5.82 Å². The highest BCUT2D eigenvalue weighted by Crippen LogP contribution is 2.20.